The summed E-state index contributed by atoms with van der Waals surface area (Å²) in [6.45, 7) is 2.97. The molecular weight excluding hydrogens is 514 g/mol. The van der Waals surface area contributed by atoms with Crippen LogP contribution in [0, 0.1) is 0 Å². The first kappa shape index (κ1) is 25.9. The molecule has 2 fully saturated rings. The van der Waals surface area contributed by atoms with Crippen LogP contribution in [0.15, 0.2) is 57.7 Å². The predicted octanol–water partition coefficient (Wildman–Crippen LogP) is 3.67. The fourth-order valence-corrected chi connectivity index (χ4v) is 6.89. The lowest BCUT2D eigenvalue weighted by Crippen LogP contribution is -2.40. The normalized spacial score (nSPS) is 19.3. The lowest BCUT2D eigenvalue weighted by Gasteiger charge is -2.26. The number of rotatable bonds is 8. The van der Waals surface area contributed by atoms with E-state index in [0.717, 1.165) is 47.0 Å². The van der Waals surface area contributed by atoms with Gasteiger partial charge in [-0.15, -0.1) is 11.3 Å². The Hall–Kier alpha value is -2.70. The molecule has 0 spiro atoms. The highest BCUT2D eigenvalue weighted by Gasteiger charge is 2.26. The molecule has 0 saturated carbocycles. The molecule has 0 radical (unpaired) electrons. The standard InChI is InChI=1S/C26H31N3O6S2/c1-32-20-7-10-25(33-2)23(16-20)24-18-36-26(29(24)17-21-4-3-13-35-21)27-19-5-8-22(9-6-19)37(30,31)28-11-14-34-15-12-28/h5-10,16,18,21H,3-4,11-15,17H2,1-2H3/t21-/m1/s1. The van der Waals surface area contributed by atoms with Gasteiger partial charge in [-0.05, 0) is 55.3 Å². The van der Waals surface area contributed by atoms with E-state index in [-0.39, 0.29) is 11.0 Å². The van der Waals surface area contributed by atoms with Gasteiger partial charge in [-0.2, -0.15) is 4.31 Å². The number of benzene rings is 2. The smallest absolute Gasteiger partial charge is 0.243 e. The fourth-order valence-electron chi connectivity index (χ4n) is 4.56. The van der Waals surface area contributed by atoms with Crippen molar-refractivity contribution in [3.05, 3.63) is 52.6 Å². The molecule has 2 aliphatic rings. The number of hydrogen-bond donors (Lipinski definition) is 0. The van der Waals surface area contributed by atoms with E-state index in [1.165, 1.54) is 15.6 Å². The summed E-state index contributed by atoms with van der Waals surface area (Å²) >= 11 is 1.52. The number of ether oxygens (including phenoxy) is 4. The first-order chi connectivity index (χ1) is 18.0. The fraction of sp³-hybridized carbons (Fsp3) is 0.423. The Kier molecular flexibility index (Phi) is 7.96. The largest absolute Gasteiger partial charge is 0.497 e. The van der Waals surface area contributed by atoms with Gasteiger partial charge in [0.15, 0.2) is 4.80 Å². The molecule has 1 aromatic heterocycles. The minimum Gasteiger partial charge on any atom is -0.497 e. The summed E-state index contributed by atoms with van der Waals surface area (Å²) in [7, 11) is -0.260. The summed E-state index contributed by atoms with van der Waals surface area (Å²) in [5.74, 6) is 1.48. The maximum atomic E-state index is 13.0. The highest BCUT2D eigenvalue weighted by molar-refractivity contribution is 7.89. The average molecular weight is 546 g/mol. The van der Waals surface area contributed by atoms with Crippen LogP contribution in [0.1, 0.15) is 12.8 Å². The Labute approximate surface area is 220 Å². The van der Waals surface area contributed by atoms with Gasteiger partial charge in [0.05, 0.1) is 56.4 Å². The topological polar surface area (TPSA) is 91.6 Å². The summed E-state index contributed by atoms with van der Waals surface area (Å²) in [6.07, 6.45) is 2.13. The molecule has 9 nitrogen and oxygen atoms in total. The lowest BCUT2D eigenvalue weighted by atomic mass is 10.1. The highest BCUT2D eigenvalue weighted by Crippen LogP contribution is 2.34. The van der Waals surface area contributed by atoms with E-state index in [1.807, 2.05) is 18.2 Å². The second-order valence-corrected chi connectivity index (χ2v) is 11.6. The van der Waals surface area contributed by atoms with Crippen LogP contribution in [-0.4, -0.2) is 70.5 Å². The van der Waals surface area contributed by atoms with E-state index in [0.29, 0.717) is 38.5 Å². The van der Waals surface area contributed by atoms with Gasteiger partial charge < -0.3 is 23.5 Å². The van der Waals surface area contributed by atoms with Gasteiger partial charge in [-0.25, -0.2) is 13.4 Å². The van der Waals surface area contributed by atoms with Crippen molar-refractivity contribution in [1.29, 1.82) is 0 Å². The van der Waals surface area contributed by atoms with Crippen LogP contribution in [0.2, 0.25) is 0 Å². The van der Waals surface area contributed by atoms with E-state index >= 15 is 0 Å². The Morgan fingerprint density at radius 3 is 2.51 bits per heavy atom. The summed E-state index contributed by atoms with van der Waals surface area (Å²) < 4.78 is 51.9. The van der Waals surface area contributed by atoms with Crippen molar-refractivity contribution in [2.75, 3.05) is 47.1 Å². The number of nitrogens with zero attached hydrogens (tertiary/aromatic N) is 3. The van der Waals surface area contributed by atoms with E-state index in [2.05, 4.69) is 9.95 Å². The molecule has 11 heteroatoms. The van der Waals surface area contributed by atoms with Crippen LogP contribution in [0.3, 0.4) is 0 Å². The van der Waals surface area contributed by atoms with Crippen LogP contribution in [0.4, 0.5) is 5.69 Å². The molecule has 0 amide bonds. The van der Waals surface area contributed by atoms with Crippen LogP contribution >= 0.6 is 11.3 Å². The maximum Gasteiger partial charge on any atom is 0.243 e. The highest BCUT2D eigenvalue weighted by atomic mass is 32.2. The van der Waals surface area contributed by atoms with Gasteiger partial charge in [0, 0.05) is 30.6 Å². The molecule has 0 N–H and O–H groups in total. The van der Waals surface area contributed by atoms with Crippen LogP contribution in [-0.2, 0) is 26.0 Å². The van der Waals surface area contributed by atoms with E-state index in [9.17, 15) is 8.42 Å². The van der Waals surface area contributed by atoms with Crippen LogP contribution < -0.4 is 14.3 Å². The number of hydrogen-bond acceptors (Lipinski definition) is 8. The van der Waals surface area contributed by atoms with Crippen molar-refractivity contribution < 1.29 is 27.4 Å². The molecular formula is C26H31N3O6S2. The van der Waals surface area contributed by atoms with Crippen molar-refractivity contribution in [2.45, 2.75) is 30.4 Å². The molecule has 5 rings (SSSR count). The van der Waals surface area contributed by atoms with Gasteiger partial charge >= 0.3 is 0 Å². The zero-order chi connectivity index (χ0) is 25.8. The molecule has 2 aliphatic heterocycles. The van der Waals surface area contributed by atoms with Crippen molar-refractivity contribution in [3.8, 4) is 22.8 Å². The molecule has 0 unspecified atom stereocenters. The second-order valence-electron chi connectivity index (χ2n) is 8.84. The van der Waals surface area contributed by atoms with Gasteiger partial charge in [0.1, 0.15) is 11.5 Å². The Bertz CT molecular complexity index is 1390. The van der Waals surface area contributed by atoms with Crippen molar-refractivity contribution in [1.82, 2.24) is 8.87 Å². The monoisotopic (exact) mass is 545 g/mol. The molecule has 2 saturated heterocycles. The maximum absolute atomic E-state index is 13.0. The Balaban J connectivity index is 1.52. The van der Waals surface area contributed by atoms with Crippen LogP contribution in [0.5, 0.6) is 11.5 Å². The number of aromatic nitrogens is 1. The second kappa shape index (κ2) is 11.4. The quantitative estimate of drug-likeness (QED) is 0.429. The SMILES string of the molecule is COc1ccc(OC)c(-c2csc(=Nc3ccc(S(=O)(=O)N4CCOCC4)cc3)n2C[C@H]2CCCO2)c1. The molecule has 2 aromatic carbocycles. The Morgan fingerprint density at radius 2 is 1.84 bits per heavy atom. The van der Waals surface area contributed by atoms with E-state index in [1.54, 1.807) is 38.5 Å². The van der Waals surface area contributed by atoms with Gasteiger partial charge in [0.25, 0.3) is 0 Å². The summed E-state index contributed by atoms with van der Waals surface area (Å²) in [5, 5.41) is 2.06. The first-order valence-corrected chi connectivity index (χ1v) is 14.6. The third-order valence-corrected chi connectivity index (χ3v) is 9.34. The summed E-state index contributed by atoms with van der Waals surface area (Å²) in [4.78, 5) is 5.94. The van der Waals surface area contributed by atoms with Crippen molar-refractivity contribution >= 4 is 27.0 Å². The third kappa shape index (κ3) is 5.60. The minimum absolute atomic E-state index is 0.102. The van der Waals surface area contributed by atoms with Crippen molar-refractivity contribution in [3.63, 3.8) is 0 Å². The predicted molar refractivity (Wildman–Crippen MR) is 141 cm³/mol. The number of thiazole rings is 1. The molecule has 0 bridgehead atoms. The van der Waals surface area contributed by atoms with Gasteiger partial charge in [0.2, 0.25) is 10.0 Å². The third-order valence-electron chi connectivity index (χ3n) is 6.56. The Morgan fingerprint density at radius 1 is 1.05 bits per heavy atom. The molecule has 37 heavy (non-hydrogen) atoms. The van der Waals surface area contributed by atoms with E-state index in [4.69, 9.17) is 23.9 Å². The van der Waals surface area contributed by atoms with Gasteiger partial charge in [-0.3, -0.25) is 0 Å². The summed E-state index contributed by atoms with van der Waals surface area (Å²) in [6, 6.07) is 12.5. The van der Waals surface area contributed by atoms with Gasteiger partial charge in [-0.1, -0.05) is 0 Å². The minimum atomic E-state index is -3.56. The molecule has 3 aromatic rings. The molecule has 198 valence electrons. The molecule has 1 atom stereocenters. The number of sulfonamides is 1. The van der Waals surface area contributed by atoms with Crippen LogP contribution in [0.25, 0.3) is 11.3 Å². The molecule has 0 aliphatic carbocycles. The van der Waals surface area contributed by atoms with Crippen molar-refractivity contribution in [2.24, 2.45) is 4.99 Å². The number of morpholine rings is 1. The van der Waals surface area contributed by atoms with E-state index < -0.39 is 10.0 Å². The summed E-state index contributed by atoms with van der Waals surface area (Å²) in [5.41, 5.74) is 2.54. The number of methoxy groups -OCH3 is 2. The lowest BCUT2D eigenvalue weighted by molar-refractivity contribution is 0.0730. The zero-order valence-corrected chi connectivity index (χ0v) is 22.6. The first-order valence-electron chi connectivity index (χ1n) is 12.2. The zero-order valence-electron chi connectivity index (χ0n) is 21.0. The molecule has 3 heterocycles. The average Bonchev–Trinajstić information content (AvgIpc) is 3.59.